The molecule has 0 aromatic heterocycles. The fourth-order valence-corrected chi connectivity index (χ4v) is 6.43. The van der Waals surface area contributed by atoms with Crippen LogP contribution in [0, 0.1) is 0 Å². The van der Waals surface area contributed by atoms with Gasteiger partial charge in [-0.2, -0.15) is 0 Å². The van der Waals surface area contributed by atoms with Crippen LogP contribution in [0.4, 0.5) is 0 Å². The summed E-state index contributed by atoms with van der Waals surface area (Å²) in [5, 5.41) is 13.7. The van der Waals surface area contributed by atoms with Crippen LogP contribution >= 0.6 is 7.82 Å². The maximum atomic E-state index is 12.8. The number of unbranched alkanes of at least 4 members (excludes halogenated alkanes) is 20. The van der Waals surface area contributed by atoms with Gasteiger partial charge in [0.2, 0.25) is 5.91 Å². The van der Waals surface area contributed by atoms with E-state index in [4.69, 9.17) is 9.05 Å². The summed E-state index contributed by atoms with van der Waals surface area (Å²) in [6.07, 6.45) is 40.8. The van der Waals surface area contributed by atoms with Crippen LogP contribution in [0.3, 0.4) is 0 Å². The van der Waals surface area contributed by atoms with Gasteiger partial charge in [-0.15, -0.1) is 0 Å². The lowest BCUT2D eigenvalue weighted by Gasteiger charge is -2.25. The Balaban J connectivity index is 4.40. The molecule has 0 radical (unpaired) electrons. The Bertz CT molecular complexity index is 933. The second-order valence-electron chi connectivity index (χ2n) is 15.4. The zero-order valence-corrected chi connectivity index (χ0v) is 34.7. The average molecular weight is 742 g/mol. The zero-order valence-electron chi connectivity index (χ0n) is 33.8. The molecule has 0 bridgehead atoms. The lowest BCUT2D eigenvalue weighted by Crippen LogP contribution is -2.45. The summed E-state index contributed by atoms with van der Waals surface area (Å²) in [6.45, 7) is 4.74. The Hall–Kier alpha value is -1.28. The van der Waals surface area contributed by atoms with Crippen molar-refractivity contribution in [3.8, 4) is 0 Å². The molecule has 0 aromatic carbocycles. The number of allylic oxidation sites excluding steroid dienone is 5. The second-order valence-corrected chi connectivity index (χ2v) is 16.8. The Morgan fingerprint density at radius 2 is 1.08 bits per heavy atom. The highest BCUT2D eigenvalue weighted by Gasteiger charge is 2.27. The van der Waals surface area contributed by atoms with Gasteiger partial charge in [0.25, 0.3) is 0 Å². The van der Waals surface area contributed by atoms with Crippen LogP contribution in [0.5, 0.6) is 0 Å². The molecule has 0 aromatic rings. The van der Waals surface area contributed by atoms with Crippen molar-refractivity contribution in [1.82, 2.24) is 5.32 Å². The number of quaternary nitrogens is 1. The molecule has 3 unspecified atom stereocenters. The van der Waals surface area contributed by atoms with Gasteiger partial charge >= 0.3 is 7.82 Å². The number of nitrogens with zero attached hydrogens (tertiary/aromatic N) is 1. The number of aliphatic hydroxyl groups is 1. The quantitative estimate of drug-likeness (QED) is 0.0253. The normalized spacial score (nSPS) is 14.9. The molecule has 51 heavy (non-hydrogen) atoms. The van der Waals surface area contributed by atoms with Crippen molar-refractivity contribution in [2.24, 2.45) is 0 Å². The first-order valence-electron chi connectivity index (χ1n) is 20.9. The van der Waals surface area contributed by atoms with E-state index in [0.29, 0.717) is 17.4 Å². The van der Waals surface area contributed by atoms with Crippen LogP contribution in [0.25, 0.3) is 0 Å². The highest BCUT2D eigenvalue weighted by atomic mass is 31.2. The number of carbonyl (C=O) groups excluding carboxylic acids is 1. The van der Waals surface area contributed by atoms with Gasteiger partial charge in [0.05, 0.1) is 39.9 Å². The minimum atomic E-state index is -4.34. The van der Waals surface area contributed by atoms with Crippen LogP contribution in [0.2, 0.25) is 0 Å². The number of hydrogen-bond acceptors (Lipinski definition) is 5. The maximum absolute atomic E-state index is 12.8. The highest BCUT2D eigenvalue weighted by molar-refractivity contribution is 7.47. The Morgan fingerprint density at radius 1 is 0.647 bits per heavy atom. The Labute approximate surface area is 315 Å². The van der Waals surface area contributed by atoms with Crippen LogP contribution in [-0.2, 0) is 18.4 Å². The molecule has 0 spiro atoms. The predicted molar refractivity (Wildman–Crippen MR) is 217 cm³/mol. The van der Waals surface area contributed by atoms with Gasteiger partial charge in [0.1, 0.15) is 13.2 Å². The molecule has 0 fully saturated rings. The number of phosphoric acid groups is 1. The minimum Gasteiger partial charge on any atom is -0.387 e. The molecule has 9 heteroatoms. The zero-order chi connectivity index (χ0) is 37.9. The Morgan fingerprint density at radius 3 is 1.59 bits per heavy atom. The van der Waals surface area contributed by atoms with Gasteiger partial charge in [-0.3, -0.25) is 13.8 Å². The number of aliphatic hydroxyl groups excluding tert-OH is 1. The monoisotopic (exact) mass is 742 g/mol. The first-order chi connectivity index (χ1) is 24.5. The molecule has 0 saturated heterocycles. The van der Waals surface area contributed by atoms with Crippen LogP contribution in [-0.4, -0.2) is 73.4 Å². The molecule has 1 amide bonds. The lowest BCUT2D eigenvalue weighted by atomic mass is 10.1. The van der Waals surface area contributed by atoms with E-state index >= 15 is 0 Å². The molecule has 0 aliphatic heterocycles. The van der Waals surface area contributed by atoms with Gasteiger partial charge < -0.3 is 19.8 Å². The third kappa shape index (κ3) is 36.9. The van der Waals surface area contributed by atoms with Gasteiger partial charge in [-0.25, -0.2) is 4.57 Å². The largest absolute Gasteiger partial charge is 0.472 e. The van der Waals surface area contributed by atoms with Crippen LogP contribution in [0.1, 0.15) is 174 Å². The van der Waals surface area contributed by atoms with E-state index in [9.17, 15) is 19.4 Å². The third-order valence-electron chi connectivity index (χ3n) is 9.08. The van der Waals surface area contributed by atoms with E-state index in [1.165, 1.54) is 116 Å². The number of nitrogens with one attached hydrogen (secondary N) is 1. The second kappa shape index (κ2) is 34.5. The number of amides is 1. The standard InChI is InChI=1S/C42H81N2O6P/c1-6-8-10-12-14-16-18-19-20-21-22-23-24-25-26-28-30-32-34-36-42(46)43-40(39-50-51(47,48)49-38-37-44(3,4)5)41(45)35-33-31-29-27-17-15-13-11-9-7-2/h17,21-22,27,33,35,40-41,45H,6-16,18-20,23-26,28-32,34,36-39H2,1-5H3,(H-,43,46,47,48)/p+1/b22-21-,27-17+,35-33+. The average Bonchev–Trinajstić information content (AvgIpc) is 3.07. The maximum Gasteiger partial charge on any atom is 0.472 e. The lowest BCUT2D eigenvalue weighted by molar-refractivity contribution is -0.870. The van der Waals surface area contributed by atoms with Crippen molar-refractivity contribution < 1.29 is 32.9 Å². The molecule has 3 atom stereocenters. The molecule has 8 nitrogen and oxygen atoms in total. The first-order valence-corrected chi connectivity index (χ1v) is 22.4. The molecule has 0 saturated carbocycles. The molecular weight excluding hydrogens is 659 g/mol. The van der Waals surface area contributed by atoms with Gasteiger partial charge in [0, 0.05) is 6.42 Å². The summed E-state index contributed by atoms with van der Waals surface area (Å²) in [6, 6.07) is -0.861. The number of hydrogen-bond donors (Lipinski definition) is 3. The van der Waals surface area contributed by atoms with E-state index < -0.39 is 20.0 Å². The highest BCUT2D eigenvalue weighted by Crippen LogP contribution is 2.43. The van der Waals surface area contributed by atoms with Crippen molar-refractivity contribution in [2.75, 3.05) is 40.9 Å². The van der Waals surface area contributed by atoms with Crippen LogP contribution in [0.15, 0.2) is 36.5 Å². The summed E-state index contributed by atoms with van der Waals surface area (Å²) in [5.41, 5.74) is 0. The van der Waals surface area contributed by atoms with Gasteiger partial charge in [-0.05, 0) is 57.8 Å². The van der Waals surface area contributed by atoms with Gasteiger partial charge in [-0.1, -0.05) is 147 Å². The molecule has 0 aliphatic rings. The topological polar surface area (TPSA) is 105 Å². The predicted octanol–water partition coefficient (Wildman–Crippen LogP) is 11.1. The first kappa shape index (κ1) is 49.7. The number of phosphoric ester groups is 1. The van der Waals surface area contributed by atoms with E-state index in [2.05, 4.69) is 43.5 Å². The molecule has 300 valence electrons. The fraction of sp³-hybridized carbons (Fsp3) is 0.833. The van der Waals surface area contributed by atoms with E-state index in [0.717, 1.165) is 38.5 Å². The fourth-order valence-electron chi connectivity index (χ4n) is 5.70. The number of carbonyl (C=O) groups is 1. The third-order valence-corrected chi connectivity index (χ3v) is 10.1. The smallest absolute Gasteiger partial charge is 0.387 e. The van der Waals surface area contributed by atoms with Crippen molar-refractivity contribution in [3.63, 3.8) is 0 Å². The molecule has 0 aliphatic carbocycles. The van der Waals surface area contributed by atoms with Crippen molar-refractivity contribution >= 4 is 13.7 Å². The molecule has 0 rings (SSSR count). The molecule has 0 heterocycles. The van der Waals surface area contributed by atoms with Crippen molar-refractivity contribution in [1.29, 1.82) is 0 Å². The SMILES string of the molecule is CCCCCC/C=C/CC/C=C/C(O)C(COP(=O)(O)OCC[N+](C)(C)C)NC(=O)CCCCCCCCC/C=C\CCCCCCCCCC. The van der Waals surface area contributed by atoms with E-state index in [1.807, 2.05) is 27.2 Å². The summed E-state index contributed by atoms with van der Waals surface area (Å²) in [7, 11) is 1.55. The summed E-state index contributed by atoms with van der Waals surface area (Å²) in [4.78, 5) is 23.0. The molecular formula is C42H82N2O6P+. The summed E-state index contributed by atoms with van der Waals surface area (Å²) >= 11 is 0. The van der Waals surface area contributed by atoms with Crippen LogP contribution < -0.4 is 5.32 Å². The number of rotatable bonds is 37. The molecule has 3 N–H and O–H groups in total. The van der Waals surface area contributed by atoms with E-state index in [1.54, 1.807) is 6.08 Å². The van der Waals surface area contributed by atoms with Crippen molar-refractivity contribution in [2.45, 2.75) is 187 Å². The Kier molecular flexibility index (Phi) is 33.6. The minimum absolute atomic E-state index is 0.0549. The summed E-state index contributed by atoms with van der Waals surface area (Å²) < 4.78 is 23.4. The van der Waals surface area contributed by atoms with Gasteiger partial charge in [0.15, 0.2) is 0 Å². The summed E-state index contributed by atoms with van der Waals surface area (Å²) in [5.74, 6) is -0.195. The number of likely N-dealkylation sites (N-methyl/N-ethyl adjacent to an activating group) is 1. The van der Waals surface area contributed by atoms with E-state index in [-0.39, 0.29) is 19.1 Å². The van der Waals surface area contributed by atoms with Crippen molar-refractivity contribution in [3.05, 3.63) is 36.5 Å².